The summed E-state index contributed by atoms with van der Waals surface area (Å²) in [7, 11) is 0. The fraction of sp³-hybridized carbons (Fsp3) is 0.467. The standard InChI is InChI=1S/C15H21BrN4/c1-11(2)20-15(18-10-19-20)8-12(9-17)7-13-5-3-4-6-14(13)16/h3-6,10-12H,7-9,17H2,1-2H3. The van der Waals surface area contributed by atoms with Gasteiger partial charge in [-0.15, -0.1) is 0 Å². The summed E-state index contributed by atoms with van der Waals surface area (Å²) in [6.45, 7) is 4.87. The highest BCUT2D eigenvalue weighted by atomic mass is 79.9. The number of halogens is 1. The molecule has 1 heterocycles. The second-order valence-corrected chi connectivity index (χ2v) is 6.17. The molecule has 1 unspecified atom stereocenters. The summed E-state index contributed by atoms with van der Waals surface area (Å²) < 4.78 is 3.12. The van der Waals surface area contributed by atoms with Gasteiger partial charge < -0.3 is 5.73 Å². The molecule has 0 saturated heterocycles. The molecule has 2 aromatic rings. The maximum Gasteiger partial charge on any atom is 0.138 e. The van der Waals surface area contributed by atoms with Crippen LogP contribution in [0.1, 0.15) is 31.3 Å². The van der Waals surface area contributed by atoms with Crippen LogP contribution in [-0.4, -0.2) is 21.3 Å². The highest BCUT2D eigenvalue weighted by Crippen LogP contribution is 2.21. The van der Waals surface area contributed by atoms with E-state index in [2.05, 4.69) is 58.1 Å². The summed E-state index contributed by atoms with van der Waals surface area (Å²) in [5, 5.41) is 4.28. The van der Waals surface area contributed by atoms with E-state index in [1.54, 1.807) is 6.33 Å². The molecule has 0 amide bonds. The smallest absolute Gasteiger partial charge is 0.138 e. The molecule has 0 aliphatic carbocycles. The molecule has 4 nitrogen and oxygen atoms in total. The lowest BCUT2D eigenvalue weighted by Gasteiger charge is -2.17. The Labute approximate surface area is 128 Å². The van der Waals surface area contributed by atoms with Crippen LogP contribution in [0.5, 0.6) is 0 Å². The van der Waals surface area contributed by atoms with Crippen molar-refractivity contribution in [3.8, 4) is 0 Å². The summed E-state index contributed by atoms with van der Waals surface area (Å²) in [5.41, 5.74) is 7.23. The first kappa shape index (κ1) is 15.2. The summed E-state index contributed by atoms with van der Waals surface area (Å²) in [4.78, 5) is 4.37. The zero-order valence-electron chi connectivity index (χ0n) is 12.0. The minimum absolute atomic E-state index is 0.328. The van der Waals surface area contributed by atoms with Gasteiger partial charge >= 0.3 is 0 Å². The average molecular weight is 337 g/mol. The number of hydrogen-bond donors (Lipinski definition) is 1. The van der Waals surface area contributed by atoms with Crippen LogP contribution >= 0.6 is 15.9 Å². The Morgan fingerprint density at radius 2 is 2.00 bits per heavy atom. The third-order valence-electron chi connectivity index (χ3n) is 3.41. The van der Waals surface area contributed by atoms with Crippen LogP contribution in [0.25, 0.3) is 0 Å². The molecule has 108 valence electrons. The Hall–Kier alpha value is -1.20. The number of hydrogen-bond acceptors (Lipinski definition) is 3. The molecule has 1 atom stereocenters. The summed E-state index contributed by atoms with van der Waals surface area (Å²) in [6.07, 6.45) is 3.43. The lowest BCUT2D eigenvalue weighted by Crippen LogP contribution is -2.22. The zero-order valence-corrected chi connectivity index (χ0v) is 13.5. The third kappa shape index (κ3) is 3.67. The van der Waals surface area contributed by atoms with E-state index in [1.165, 1.54) is 5.56 Å². The normalized spacial score (nSPS) is 12.8. The second-order valence-electron chi connectivity index (χ2n) is 5.32. The summed E-state index contributed by atoms with van der Waals surface area (Å²) >= 11 is 3.60. The van der Waals surface area contributed by atoms with Gasteiger partial charge in [-0.3, -0.25) is 0 Å². The lowest BCUT2D eigenvalue weighted by molar-refractivity contribution is 0.456. The Balaban J connectivity index is 2.10. The van der Waals surface area contributed by atoms with Crippen molar-refractivity contribution in [2.75, 3.05) is 6.54 Å². The zero-order chi connectivity index (χ0) is 14.5. The van der Waals surface area contributed by atoms with Gasteiger partial charge in [0.05, 0.1) is 0 Å². The molecule has 20 heavy (non-hydrogen) atoms. The van der Waals surface area contributed by atoms with Gasteiger partial charge in [0, 0.05) is 16.9 Å². The van der Waals surface area contributed by atoms with E-state index in [0.717, 1.165) is 23.1 Å². The number of aromatic nitrogens is 3. The van der Waals surface area contributed by atoms with Crippen molar-refractivity contribution >= 4 is 15.9 Å². The predicted octanol–water partition coefficient (Wildman–Crippen LogP) is 2.98. The van der Waals surface area contributed by atoms with Gasteiger partial charge in [0.25, 0.3) is 0 Å². The van der Waals surface area contributed by atoms with E-state index in [-0.39, 0.29) is 0 Å². The molecule has 0 saturated carbocycles. The molecule has 1 aromatic carbocycles. The molecule has 2 rings (SSSR count). The van der Waals surface area contributed by atoms with E-state index in [1.807, 2.05) is 10.7 Å². The van der Waals surface area contributed by atoms with Crippen LogP contribution in [0.4, 0.5) is 0 Å². The van der Waals surface area contributed by atoms with Crippen LogP contribution < -0.4 is 5.73 Å². The van der Waals surface area contributed by atoms with Gasteiger partial charge in [-0.05, 0) is 44.4 Å². The van der Waals surface area contributed by atoms with Gasteiger partial charge in [-0.25, -0.2) is 9.67 Å². The van der Waals surface area contributed by atoms with Crippen LogP contribution in [0, 0.1) is 5.92 Å². The molecule has 0 spiro atoms. The Morgan fingerprint density at radius 3 is 2.65 bits per heavy atom. The van der Waals surface area contributed by atoms with Gasteiger partial charge in [0.2, 0.25) is 0 Å². The minimum Gasteiger partial charge on any atom is -0.330 e. The first-order chi connectivity index (χ1) is 9.61. The number of benzene rings is 1. The SMILES string of the molecule is CC(C)n1ncnc1CC(CN)Cc1ccccc1Br. The molecule has 0 aliphatic heterocycles. The van der Waals surface area contributed by atoms with Crippen molar-refractivity contribution in [3.05, 3.63) is 46.5 Å². The van der Waals surface area contributed by atoms with Gasteiger partial charge in [0.15, 0.2) is 0 Å². The first-order valence-electron chi connectivity index (χ1n) is 6.93. The summed E-state index contributed by atoms with van der Waals surface area (Å²) in [6, 6.07) is 8.62. The van der Waals surface area contributed by atoms with Crippen molar-refractivity contribution in [3.63, 3.8) is 0 Å². The van der Waals surface area contributed by atoms with Crippen molar-refractivity contribution in [2.45, 2.75) is 32.7 Å². The van der Waals surface area contributed by atoms with E-state index in [4.69, 9.17) is 5.73 Å². The Bertz CT molecular complexity index is 550. The topological polar surface area (TPSA) is 56.7 Å². The fourth-order valence-electron chi connectivity index (χ4n) is 2.32. The van der Waals surface area contributed by atoms with Crippen LogP contribution in [0.15, 0.2) is 35.1 Å². The maximum absolute atomic E-state index is 5.94. The average Bonchev–Trinajstić information content (AvgIpc) is 2.88. The molecular weight excluding hydrogens is 316 g/mol. The number of rotatable bonds is 6. The van der Waals surface area contributed by atoms with Gasteiger partial charge in [0.1, 0.15) is 12.2 Å². The van der Waals surface area contributed by atoms with Crippen molar-refractivity contribution < 1.29 is 0 Å². The number of nitrogens with two attached hydrogens (primary N) is 1. The molecule has 5 heteroatoms. The molecule has 0 bridgehead atoms. The van der Waals surface area contributed by atoms with E-state index < -0.39 is 0 Å². The molecule has 2 N–H and O–H groups in total. The molecule has 0 aliphatic rings. The Morgan fingerprint density at radius 1 is 1.25 bits per heavy atom. The van der Waals surface area contributed by atoms with Crippen LogP contribution in [0.3, 0.4) is 0 Å². The molecular formula is C15H21BrN4. The molecule has 0 fully saturated rings. The van der Waals surface area contributed by atoms with Crippen molar-refractivity contribution in [2.24, 2.45) is 11.7 Å². The van der Waals surface area contributed by atoms with E-state index in [0.29, 0.717) is 18.5 Å². The quantitative estimate of drug-likeness (QED) is 0.882. The van der Waals surface area contributed by atoms with E-state index >= 15 is 0 Å². The fourth-order valence-corrected chi connectivity index (χ4v) is 2.77. The maximum atomic E-state index is 5.94. The van der Waals surface area contributed by atoms with Crippen LogP contribution in [-0.2, 0) is 12.8 Å². The van der Waals surface area contributed by atoms with Gasteiger partial charge in [-0.2, -0.15) is 5.10 Å². The second kappa shape index (κ2) is 6.99. The first-order valence-corrected chi connectivity index (χ1v) is 7.73. The largest absolute Gasteiger partial charge is 0.330 e. The third-order valence-corrected chi connectivity index (χ3v) is 4.18. The van der Waals surface area contributed by atoms with Gasteiger partial charge in [-0.1, -0.05) is 34.1 Å². The monoisotopic (exact) mass is 336 g/mol. The van der Waals surface area contributed by atoms with E-state index in [9.17, 15) is 0 Å². The molecule has 0 radical (unpaired) electrons. The van der Waals surface area contributed by atoms with Crippen molar-refractivity contribution in [1.29, 1.82) is 0 Å². The Kier molecular flexibility index (Phi) is 5.31. The lowest BCUT2D eigenvalue weighted by atomic mass is 9.96. The summed E-state index contributed by atoms with van der Waals surface area (Å²) in [5.74, 6) is 1.39. The highest BCUT2D eigenvalue weighted by Gasteiger charge is 2.15. The predicted molar refractivity (Wildman–Crippen MR) is 84.5 cm³/mol. The highest BCUT2D eigenvalue weighted by molar-refractivity contribution is 9.10. The molecule has 1 aromatic heterocycles. The van der Waals surface area contributed by atoms with Crippen molar-refractivity contribution in [1.82, 2.24) is 14.8 Å². The van der Waals surface area contributed by atoms with Crippen LogP contribution in [0.2, 0.25) is 0 Å². The number of nitrogens with zero attached hydrogens (tertiary/aromatic N) is 3. The minimum atomic E-state index is 0.328.